The Labute approximate surface area is 184 Å². The topological polar surface area (TPSA) is 70.6 Å². The van der Waals surface area contributed by atoms with Crippen molar-refractivity contribution in [3.05, 3.63) is 46.4 Å². The highest BCUT2D eigenvalue weighted by molar-refractivity contribution is 5.73. The molecule has 0 bridgehead atoms. The Kier molecular flexibility index (Phi) is 6.41. The van der Waals surface area contributed by atoms with Gasteiger partial charge in [0.15, 0.2) is 0 Å². The molecule has 7 heteroatoms. The van der Waals surface area contributed by atoms with Crippen LogP contribution in [0.2, 0.25) is 0 Å². The van der Waals surface area contributed by atoms with Crippen LogP contribution in [0.4, 0.5) is 5.82 Å². The van der Waals surface area contributed by atoms with Gasteiger partial charge in [0.1, 0.15) is 17.4 Å². The summed E-state index contributed by atoms with van der Waals surface area (Å²) in [6, 6.07) is 6.39. The molecule has 1 fully saturated rings. The first-order valence-corrected chi connectivity index (χ1v) is 11.2. The van der Waals surface area contributed by atoms with E-state index in [1.54, 1.807) is 14.0 Å². The predicted octanol–water partition coefficient (Wildman–Crippen LogP) is 3.12. The Bertz CT molecular complexity index is 961. The molecule has 0 saturated carbocycles. The number of aromatic nitrogens is 2. The Balaban J connectivity index is 1.57. The van der Waals surface area contributed by atoms with Gasteiger partial charge in [-0.25, -0.2) is 9.97 Å². The fourth-order valence-electron chi connectivity index (χ4n) is 4.73. The standard InChI is InChI=1S/C24H33N5O2/c1-16-7-8-18(22(12-16)31-4)13-28-11-9-20-21(15-28)26-23(27-24(20)25-3)19-6-5-10-29(14-19)17(2)30/h7-8,12,19H,5-6,9-11,13-15H2,1-4H3,(H,25,26,27)/t19-/m0/s1. The maximum absolute atomic E-state index is 11.9. The highest BCUT2D eigenvalue weighted by atomic mass is 16.5. The number of carbonyl (C=O) groups is 1. The van der Waals surface area contributed by atoms with Gasteiger partial charge in [0.25, 0.3) is 0 Å². The van der Waals surface area contributed by atoms with Crippen LogP contribution in [-0.2, 0) is 24.3 Å². The first kappa shape index (κ1) is 21.6. The van der Waals surface area contributed by atoms with Crippen molar-refractivity contribution in [2.24, 2.45) is 0 Å². The van der Waals surface area contributed by atoms with Crippen LogP contribution in [0.3, 0.4) is 0 Å². The third-order valence-electron chi connectivity index (χ3n) is 6.47. The van der Waals surface area contributed by atoms with E-state index in [0.29, 0.717) is 6.54 Å². The summed E-state index contributed by atoms with van der Waals surface area (Å²) in [5, 5.41) is 3.29. The number of amides is 1. The maximum Gasteiger partial charge on any atom is 0.219 e. The summed E-state index contributed by atoms with van der Waals surface area (Å²) in [7, 11) is 3.66. The van der Waals surface area contributed by atoms with Crippen LogP contribution < -0.4 is 10.1 Å². The quantitative estimate of drug-likeness (QED) is 0.797. The Hall–Kier alpha value is -2.67. The molecule has 1 aromatic heterocycles. The number of carbonyl (C=O) groups excluding carboxylic acids is 1. The number of fused-ring (bicyclic) bond motifs is 1. The van der Waals surface area contributed by atoms with Crippen molar-refractivity contribution in [3.63, 3.8) is 0 Å². The lowest BCUT2D eigenvalue weighted by molar-refractivity contribution is -0.130. The molecule has 3 heterocycles. The Morgan fingerprint density at radius 2 is 2.13 bits per heavy atom. The molecular weight excluding hydrogens is 390 g/mol. The van der Waals surface area contributed by atoms with Crippen LogP contribution in [0.25, 0.3) is 0 Å². The van der Waals surface area contributed by atoms with E-state index in [2.05, 4.69) is 35.3 Å². The molecule has 166 valence electrons. The number of hydrogen-bond acceptors (Lipinski definition) is 6. The molecule has 0 radical (unpaired) electrons. The molecule has 31 heavy (non-hydrogen) atoms. The first-order valence-electron chi connectivity index (χ1n) is 11.2. The second-order valence-corrected chi connectivity index (χ2v) is 8.69. The van der Waals surface area contributed by atoms with Crippen molar-refractivity contribution in [1.82, 2.24) is 19.8 Å². The first-order chi connectivity index (χ1) is 15.0. The number of ether oxygens (including phenoxy) is 1. The molecule has 1 N–H and O–H groups in total. The van der Waals surface area contributed by atoms with Crippen molar-refractivity contribution < 1.29 is 9.53 Å². The van der Waals surface area contributed by atoms with E-state index in [4.69, 9.17) is 14.7 Å². The number of anilines is 1. The number of hydrogen-bond donors (Lipinski definition) is 1. The lowest BCUT2D eigenvalue weighted by Crippen LogP contribution is -2.38. The largest absolute Gasteiger partial charge is 0.496 e. The minimum absolute atomic E-state index is 0.134. The molecule has 4 rings (SSSR count). The number of piperidine rings is 1. The second kappa shape index (κ2) is 9.22. The zero-order chi connectivity index (χ0) is 22.0. The maximum atomic E-state index is 11.9. The summed E-state index contributed by atoms with van der Waals surface area (Å²) in [6.07, 6.45) is 2.94. The number of likely N-dealkylation sites (tertiary alicyclic amines) is 1. The van der Waals surface area contributed by atoms with Gasteiger partial charge in [-0.05, 0) is 37.8 Å². The summed E-state index contributed by atoms with van der Waals surface area (Å²) in [5.41, 5.74) is 4.72. The van der Waals surface area contributed by atoms with E-state index in [-0.39, 0.29) is 11.8 Å². The van der Waals surface area contributed by atoms with Gasteiger partial charge in [-0.3, -0.25) is 9.69 Å². The zero-order valence-corrected chi connectivity index (χ0v) is 19.1. The molecule has 0 unspecified atom stereocenters. The number of benzene rings is 1. The van der Waals surface area contributed by atoms with E-state index in [0.717, 1.165) is 68.5 Å². The summed E-state index contributed by atoms with van der Waals surface area (Å²) in [6.45, 7) is 7.86. The van der Waals surface area contributed by atoms with Gasteiger partial charge in [-0.2, -0.15) is 0 Å². The molecule has 1 saturated heterocycles. The summed E-state index contributed by atoms with van der Waals surface area (Å²) < 4.78 is 5.61. The van der Waals surface area contributed by atoms with E-state index in [1.165, 1.54) is 16.7 Å². The SMILES string of the molecule is CNc1nc([C@H]2CCCN(C(C)=O)C2)nc2c1CCN(Cc1ccc(C)cc1OC)C2. The molecule has 0 spiro atoms. The van der Waals surface area contributed by atoms with Crippen LogP contribution in [0.5, 0.6) is 5.75 Å². The van der Waals surface area contributed by atoms with Crippen LogP contribution in [0.15, 0.2) is 18.2 Å². The summed E-state index contributed by atoms with van der Waals surface area (Å²) in [4.78, 5) is 26.1. The summed E-state index contributed by atoms with van der Waals surface area (Å²) >= 11 is 0. The minimum Gasteiger partial charge on any atom is -0.496 e. The Morgan fingerprint density at radius 3 is 2.87 bits per heavy atom. The predicted molar refractivity (Wildman–Crippen MR) is 121 cm³/mol. The van der Waals surface area contributed by atoms with E-state index in [9.17, 15) is 4.79 Å². The Morgan fingerprint density at radius 1 is 1.29 bits per heavy atom. The van der Waals surface area contributed by atoms with Crippen molar-refractivity contribution in [2.45, 2.75) is 52.1 Å². The number of aryl methyl sites for hydroxylation is 1. The number of methoxy groups -OCH3 is 1. The molecule has 2 aliphatic heterocycles. The third kappa shape index (κ3) is 4.66. The van der Waals surface area contributed by atoms with E-state index >= 15 is 0 Å². The van der Waals surface area contributed by atoms with Gasteiger partial charge in [-0.15, -0.1) is 0 Å². The summed E-state index contributed by atoms with van der Waals surface area (Å²) in [5.74, 6) is 3.07. The van der Waals surface area contributed by atoms with Crippen LogP contribution in [0.1, 0.15) is 53.9 Å². The van der Waals surface area contributed by atoms with Crippen molar-refractivity contribution >= 4 is 11.7 Å². The van der Waals surface area contributed by atoms with Crippen molar-refractivity contribution in [3.8, 4) is 5.75 Å². The normalized spacial score (nSPS) is 19.1. The molecule has 0 aliphatic carbocycles. The number of nitrogens with one attached hydrogen (secondary N) is 1. The van der Waals surface area contributed by atoms with Gasteiger partial charge in [-0.1, -0.05) is 12.1 Å². The lowest BCUT2D eigenvalue weighted by atomic mass is 9.96. The molecule has 1 amide bonds. The van der Waals surface area contributed by atoms with Gasteiger partial charge >= 0.3 is 0 Å². The zero-order valence-electron chi connectivity index (χ0n) is 19.1. The van der Waals surface area contributed by atoms with Gasteiger partial charge < -0.3 is 15.0 Å². The lowest BCUT2D eigenvalue weighted by Gasteiger charge is -2.33. The minimum atomic E-state index is 0.134. The molecule has 2 aromatic rings. The average molecular weight is 424 g/mol. The van der Waals surface area contributed by atoms with Crippen LogP contribution >= 0.6 is 0 Å². The van der Waals surface area contributed by atoms with Crippen LogP contribution in [0, 0.1) is 6.92 Å². The third-order valence-corrected chi connectivity index (χ3v) is 6.47. The molecular formula is C24H33N5O2. The average Bonchev–Trinajstić information content (AvgIpc) is 2.79. The van der Waals surface area contributed by atoms with E-state index in [1.807, 2.05) is 11.9 Å². The molecule has 1 aromatic carbocycles. The monoisotopic (exact) mass is 423 g/mol. The highest BCUT2D eigenvalue weighted by Gasteiger charge is 2.28. The van der Waals surface area contributed by atoms with Gasteiger partial charge in [0.2, 0.25) is 5.91 Å². The van der Waals surface area contributed by atoms with Crippen molar-refractivity contribution in [2.75, 3.05) is 39.1 Å². The molecule has 7 nitrogen and oxygen atoms in total. The second-order valence-electron chi connectivity index (χ2n) is 8.69. The van der Waals surface area contributed by atoms with Gasteiger partial charge in [0.05, 0.1) is 12.8 Å². The molecule has 1 atom stereocenters. The number of nitrogens with zero attached hydrogens (tertiary/aromatic N) is 4. The highest BCUT2D eigenvalue weighted by Crippen LogP contribution is 2.31. The van der Waals surface area contributed by atoms with E-state index < -0.39 is 0 Å². The fraction of sp³-hybridized carbons (Fsp3) is 0.542. The fourth-order valence-corrected chi connectivity index (χ4v) is 4.73. The van der Waals surface area contributed by atoms with Crippen LogP contribution in [-0.4, -0.2) is 59.5 Å². The van der Waals surface area contributed by atoms with Gasteiger partial charge in [0, 0.05) is 63.7 Å². The number of rotatable bonds is 5. The molecule has 2 aliphatic rings. The smallest absolute Gasteiger partial charge is 0.219 e. The van der Waals surface area contributed by atoms with Crippen molar-refractivity contribution in [1.29, 1.82) is 0 Å².